The molecule has 2 amide bonds. The van der Waals surface area contributed by atoms with Gasteiger partial charge in [-0.1, -0.05) is 44.4 Å². The third-order valence-corrected chi connectivity index (χ3v) is 5.87. The molecule has 1 aromatic heterocycles. The third-order valence-electron chi connectivity index (χ3n) is 5.87. The maximum absolute atomic E-state index is 12.9. The molecule has 1 aromatic carbocycles. The molecule has 1 unspecified atom stereocenters. The number of fused-ring (bicyclic) bond motifs is 1. The van der Waals surface area contributed by atoms with Crippen LogP contribution < -0.4 is 16.4 Å². The number of piperidine rings is 1. The molecule has 2 heterocycles. The molecule has 0 radical (unpaired) electrons. The van der Waals surface area contributed by atoms with Crippen molar-refractivity contribution < 1.29 is 9.59 Å². The summed E-state index contributed by atoms with van der Waals surface area (Å²) in [4.78, 5) is 40.6. The molecule has 168 valence electrons. The number of rotatable bonds is 7. The average molecular weight is 428 g/mol. The highest BCUT2D eigenvalue weighted by atomic mass is 16.2. The highest BCUT2D eigenvalue weighted by Crippen LogP contribution is 2.19. The van der Waals surface area contributed by atoms with Crippen LogP contribution in [0.5, 0.6) is 0 Å². The van der Waals surface area contributed by atoms with E-state index >= 15 is 0 Å². The number of carbonyl (C=O) groups excluding carboxylic acids is 2. The number of amides is 2. The smallest absolute Gasteiger partial charge is 0.289 e. The van der Waals surface area contributed by atoms with Crippen LogP contribution in [0.15, 0.2) is 29.1 Å². The fourth-order valence-electron chi connectivity index (χ4n) is 4.18. The average Bonchev–Trinajstić information content (AvgIpc) is 2.79. The van der Waals surface area contributed by atoms with Gasteiger partial charge in [-0.25, -0.2) is 4.68 Å². The molecule has 8 heteroatoms. The minimum atomic E-state index is -0.527. The van der Waals surface area contributed by atoms with Crippen molar-refractivity contribution >= 4 is 22.6 Å². The summed E-state index contributed by atoms with van der Waals surface area (Å²) >= 11 is 0. The predicted octanol–water partition coefficient (Wildman–Crippen LogP) is 2.61. The van der Waals surface area contributed by atoms with Crippen LogP contribution in [0.25, 0.3) is 10.8 Å². The predicted molar refractivity (Wildman–Crippen MR) is 121 cm³/mol. The lowest BCUT2D eigenvalue weighted by Gasteiger charge is -2.37. The number of nitrogens with one attached hydrogen (secondary N) is 2. The fourth-order valence-corrected chi connectivity index (χ4v) is 4.18. The van der Waals surface area contributed by atoms with Gasteiger partial charge < -0.3 is 0 Å². The molecular weight excluding hydrogens is 394 g/mol. The molecule has 0 bridgehead atoms. The summed E-state index contributed by atoms with van der Waals surface area (Å²) in [6, 6.07) is 6.94. The van der Waals surface area contributed by atoms with Crippen LogP contribution in [-0.4, -0.2) is 45.1 Å². The van der Waals surface area contributed by atoms with Crippen molar-refractivity contribution in [1.29, 1.82) is 0 Å². The number of hydrogen-bond acceptors (Lipinski definition) is 5. The van der Waals surface area contributed by atoms with E-state index in [-0.39, 0.29) is 29.2 Å². The van der Waals surface area contributed by atoms with Gasteiger partial charge in [-0.2, -0.15) is 5.10 Å². The van der Waals surface area contributed by atoms with E-state index in [0.717, 1.165) is 45.1 Å². The molecule has 1 aliphatic heterocycles. The van der Waals surface area contributed by atoms with Gasteiger partial charge in [-0.3, -0.25) is 30.1 Å². The Bertz CT molecular complexity index is 985. The standard InChI is InChI=1S/C23H33N5O3/c1-4-5-9-15-28-23(31)18-12-7-6-11-17(18)20(26-28)22(30)25-24-21(29)19-13-8-10-14-27(19)16(2)3/h6-7,11-12,16,19H,4-5,8-10,13-15H2,1-3H3,(H,24,29)(H,25,30). The number of nitrogens with zero attached hydrogens (tertiary/aromatic N) is 3. The van der Waals surface area contributed by atoms with Crippen molar-refractivity contribution in [3.8, 4) is 0 Å². The first kappa shape index (κ1) is 22.9. The van der Waals surface area contributed by atoms with E-state index in [2.05, 4.69) is 41.6 Å². The van der Waals surface area contributed by atoms with E-state index in [4.69, 9.17) is 0 Å². The number of unbranched alkanes of at least 4 members (excludes halogenated alkanes) is 2. The lowest BCUT2D eigenvalue weighted by molar-refractivity contribution is -0.129. The Balaban J connectivity index is 1.79. The van der Waals surface area contributed by atoms with Crippen LogP contribution in [0.4, 0.5) is 0 Å². The fraction of sp³-hybridized carbons (Fsp3) is 0.565. The van der Waals surface area contributed by atoms with Gasteiger partial charge in [-0.15, -0.1) is 0 Å². The third kappa shape index (κ3) is 5.31. The Morgan fingerprint density at radius 2 is 1.87 bits per heavy atom. The molecule has 8 nitrogen and oxygen atoms in total. The summed E-state index contributed by atoms with van der Waals surface area (Å²) in [7, 11) is 0. The number of aryl methyl sites for hydroxylation is 1. The van der Waals surface area contributed by atoms with Crippen LogP contribution >= 0.6 is 0 Å². The minimum Gasteiger partial charge on any atom is -0.289 e. The number of likely N-dealkylation sites (tertiary alicyclic amines) is 1. The summed E-state index contributed by atoms with van der Waals surface area (Å²) in [5.41, 5.74) is 5.03. The van der Waals surface area contributed by atoms with Gasteiger partial charge in [0, 0.05) is 18.0 Å². The van der Waals surface area contributed by atoms with Crippen LogP contribution in [0.1, 0.15) is 69.8 Å². The first-order valence-corrected chi connectivity index (χ1v) is 11.3. The lowest BCUT2D eigenvalue weighted by atomic mass is 10.00. The van der Waals surface area contributed by atoms with E-state index in [1.807, 2.05) is 0 Å². The van der Waals surface area contributed by atoms with Crippen molar-refractivity contribution in [3.63, 3.8) is 0 Å². The van der Waals surface area contributed by atoms with E-state index in [1.165, 1.54) is 4.68 Å². The molecule has 3 rings (SSSR count). The van der Waals surface area contributed by atoms with Crippen molar-refractivity contribution in [3.05, 3.63) is 40.3 Å². The normalized spacial score (nSPS) is 17.1. The Kier molecular flexibility index (Phi) is 7.79. The van der Waals surface area contributed by atoms with Crippen molar-refractivity contribution in [2.24, 2.45) is 0 Å². The van der Waals surface area contributed by atoms with E-state index in [0.29, 0.717) is 17.3 Å². The summed E-state index contributed by atoms with van der Waals surface area (Å²) in [5.74, 6) is -0.747. The first-order chi connectivity index (χ1) is 14.9. The van der Waals surface area contributed by atoms with Gasteiger partial charge in [0.15, 0.2) is 5.69 Å². The second-order valence-corrected chi connectivity index (χ2v) is 8.42. The summed E-state index contributed by atoms with van der Waals surface area (Å²) in [6.07, 6.45) is 5.64. The second-order valence-electron chi connectivity index (χ2n) is 8.42. The van der Waals surface area contributed by atoms with Gasteiger partial charge in [-0.05, 0) is 45.7 Å². The van der Waals surface area contributed by atoms with Gasteiger partial charge in [0.25, 0.3) is 17.4 Å². The molecule has 1 atom stereocenters. The van der Waals surface area contributed by atoms with Crippen LogP contribution in [-0.2, 0) is 11.3 Å². The Morgan fingerprint density at radius 3 is 2.58 bits per heavy atom. The number of hydrogen-bond donors (Lipinski definition) is 2. The molecule has 0 aliphatic carbocycles. The minimum absolute atomic E-state index is 0.136. The zero-order valence-corrected chi connectivity index (χ0v) is 18.7. The Labute approximate surface area is 183 Å². The van der Waals surface area contributed by atoms with E-state index in [9.17, 15) is 14.4 Å². The van der Waals surface area contributed by atoms with Gasteiger partial charge in [0.1, 0.15) is 0 Å². The number of hydrazine groups is 1. The number of benzene rings is 1. The molecular formula is C23H33N5O3. The van der Waals surface area contributed by atoms with Crippen LogP contribution in [0, 0.1) is 0 Å². The van der Waals surface area contributed by atoms with Gasteiger partial charge in [0.2, 0.25) is 0 Å². The highest BCUT2D eigenvalue weighted by Gasteiger charge is 2.30. The monoisotopic (exact) mass is 427 g/mol. The lowest BCUT2D eigenvalue weighted by Crippen LogP contribution is -2.55. The Morgan fingerprint density at radius 1 is 1.13 bits per heavy atom. The van der Waals surface area contributed by atoms with E-state index < -0.39 is 5.91 Å². The molecule has 1 fully saturated rings. The molecule has 0 saturated carbocycles. The topological polar surface area (TPSA) is 96.3 Å². The van der Waals surface area contributed by atoms with Gasteiger partial charge in [0.05, 0.1) is 11.4 Å². The molecule has 31 heavy (non-hydrogen) atoms. The zero-order chi connectivity index (χ0) is 22.4. The molecule has 1 saturated heterocycles. The maximum Gasteiger partial charge on any atom is 0.290 e. The second kappa shape index (κ2) is 10.5. The van der Waals surface area contributed by atoms with Crippen LogP contribution in [0.3, 0.4) is 0 Å². The first-order valence-electron chi connectivity index (χ1n) is 11.3. The van der Waals surface area contributed by atoms with Crippen molar-refractivity contribution in [2.75, 3.05) is 6.54 Å². The molecule has 2 N–H and O–H groups in total. The number of carbonyl (C=O) groups is 2. The van der Waals surface area contributed by atoms with Crippen molar-refractivity contribution in [1.82, 2.24) is 25.5 Å². The highest BCUT2D eigenvalue weighted by molar-refractivity contribution is 6.05. The summed E-state index contributed by atoms with van der Waals surface area (Å²) in [5, 5.41) is 5.26. The van der Waals surface area contributed by atoms with Crippen LogP contribution in [0.2, 0.25) is 0 Å². The zero-order valence-electron chi connectivity index (χ0n) is 18.7. The maximum atomic E-state index is 12.9. The number of aromatic nitrogens is 2. The quantitative estimate of drug-likeness (QED) is 0.523. The molecule has 1 aliphatic rings. The largest absolute Gasteiger partial charge is 0.290 e. The molecule has 2 aromatic rings. The summed E-state index contributed by atoms with van der Waals surface area (Å²) in [6.45, 7) is 7.56. The van der Waals surface area contributed by atoms with E-state index in [1.54, 1.807) is 24.3 Å². The van der Waals surface area contributed by atoms with Crippen molar-refractivity contribution in [2.45, 2.75) is 77.9 Å². The summed E-state index contributed by atoms with van der Waals surface area (Å²) < 4.78 is 1.36. The molecule has 0 spiro atoms. The van der Waals surface area contributed by atoms with Gasteiger partial charge >= 0.3 is 0 Å². The SMILES string of the molecule is CCCCCn1nc(C(=O)NNC(=O)C2CCCCN2C(C)C)c2ccccc2c1=O. The Hall–Kier alpha value is -2.74.